The maximum absolute atomic E-state index is 10.4. The molecule has 1 unspecified atom stereocenters. The van der Waals surface area contributed by atoms with Crippen molar-refractivity contribution in [3.05, 3.63) is 17.5 Å². The molecule has 102 valence electrons. The Morgan fingerprint density at radius 3 is 2.67 bits per heavy atom. The molecule has 1 fully saturated rings. The minimum atomic E-state index is -0.333. The molecule has 1 N–H and O–H groups in total. The van der Waals surface area contributed by atoms with Gasteiger partial charge in [0.25, 0.3) is 0 Å². The first-order chi connectivity index (χ1) is 8.74. The van der Waals surface area contributed by atoms with Crippen molar-refractivity contribution in [1.82, 2.24) is 9.78 Å². The predicted octanol–water partition coefficient (Wildman–Crippen LogP) is 3.47. The quantitative estimate of drug-likeness (QED) is 0.869. The third kappa shape index (κ3) is 3.14. The van der Waals surface area contributed by atoms with Crippen LogP contribution in [0.15, 0.2) is 6.07 Å². The Morgan fingerprint density at radius 1 is 1.33 bits per heavy atom. The van der Waals surface area contributed by atoms with Crippen LogP contribution in [0.3, 0.4) is 0 Å². The van der Waals surface area contributed by atoms with Gasteiger partial charge in [-0.1, -0.05) is 39.0 Å². The summed E-state index contributed by atoms with van der Waals surface area (Å²) in [6.45, 7) is 5.04. The summed E-state index contributed by atoms with van der Waals surface area (Å²) in [6.07, 6.45) is 8.15. The van der Waals surface area contributed by atoms with Crippen molar-refractivity contribution in [2.45, 2.75) is 71.4 Å². The molecule has 18 heavy (non-hydrogen) atoms. The van der Waals surface area contributed by atoms with E-state index in [9.17, 15) is 5.11 Å². The van der Waals surface area contributed by atoms with E-state index in [4.69, 9.17) is 0 Å². The molecule has 3 nitrogen and oxygen atoms in total. The minimum absolute atomic E-state index is 0.333. The van der Waals surface area contributed by atoms with Gasteiger partial charge in [-0.15, -0.1) is 0 Å². The van der Waals surface area contributed by atoms with Gasteiger partial charge in [0.1, 0.15) is 0 Å². The van der Waals surface area contributed by atoms with Gasteiger partial charge in [-0.3, -0.25) is 4.68 Å². The van der Waals surface area contributed by atoms with Crippen molar-refractivity contribution in [2.75, 3.05) is 0 Å². The monoisotopic (exact) mass is 250 g/mol. The van der Waals surface area contributed by atoms with Gasteiger partial charge < -0.3 is 5.11 Å². The van der Waals surface area contributed by atoms with Crippen LogP contribution < -0.4 is 0 Å². The molecule has 1 aromatic rings. The Bertz CT molecular complexity index is 367. The number of hydrogen-bond donors (Lipinski definition) is 1. The summed E-state index contributed by atoms with van der Waals surface area (Å²) >= 11 is 0. The van der Waals surface area contributed by atoms with Crippen LogP contribution in [0, 0.1) is 5.92 Å². The lowest BCUT2D eigenvalue weighted by atomic mass is 9.85. The molecule has 0 amide bonds. The Morgan fingerprint density at radius 2 is 2.06 bits per heavy atom. The second-order valence-electron chi connectivity index (χ2n) is 5.49. The highest BCUT2D eigenvalue weighted by Crippen LogP contribution is 2.32. The van der Waals surface area contributed by atoms with Crippen LogP contribution in [-0.2, 0) is 13.0 Å². The number of aliphatic hydroxyl groups excluding tert-OH is 1. The molecule has 3 heteroatoms. The molecule has 1 atom stereocenters. The van der Waals surface area contributed by atoms with Crippen LogP contribution in [0.4, 0.5) is 0 Å². The number of aromatic nitrogens is 2. The van der Waals surface area contributed by atoms with Crippen LogP contribution in [-0.4, -0.2) is 14.9 Å². The fraction of sp³-hybridized carbons (Fsp3) is 0.800. The van der Waals surface area contributed by atoms with E-state index in [-0.39, 0.29) is 6.10 Å². The van der Waals surface area contributed by atoms with E-state index in [0.717, 1.165) is 30.8 Å². The van der Waals surface area contributed by atoms with E-state index < -0.39 is 0 Å². The molecule has 1 heterocycles. The lowest BCUT2D eigenvalue weighted by Crippen LogP contribution is -2.14. The lowest BCUT2D eigenvalue weighted by molar-refractivity contribution is 0.122. The Labute approximate surface area is 110 Å². The zero-order valence-corrected chi connectivity index (χ0v) is 11.7. The summed E-state index contributed by atoms with van der Waals surface area (Å²) in [6, 6.07) is 2.08. The maximum Gasteiger partial charge on any atom is 0.0959 e. The van der Waals surface area contributed by atoms with Crippen molar-refractivity contribution >= 4 is 0 Å². The standard InChI is InChI=1S/C15H26N2O/c1-3-13-11-14(17(4-2)16-13)15(18)10-12-8-6-5-7-9-12/h11-12,15,18H,3-10H2,1-2H3. The molecule has 1 aromatic heterocycles. The highest BCUT2D eigenvalue weighted by Gasteiger charge is 2.21. The van der Waals surface area contributed by atoms with Gasteiger partial charge in [0.15, 0.2) is 0 Å². The zero-order chi connectivity index (χ0) is 13.0. The Kier molecular flexibility index (Phi) is 4.81. The third-order valence-electron chi connectivity index (χ3n) is 4.15. The first kappa shape index (κ1) is 13.6. The van der Waals surface area contributed by atoms with Gasteiger partial charge in [0.2, 0.25) is 0 Å². The molecule has 0 aromatic carbocycles. The lowest BCUT2D eigenvalue weighted by Gasteiger charge is -2.24. The highest BCUT2D eigenvalue weighted by molar-refractivity contribution is 5.13. The van der Waals surface area contributed by atoms with E-state index in [0.29, 0.717) is 5.92 Å². The normalized spacial score (nSPS) is 19.1. The summed E-state index contributed by atoms with van der Waals surface area (Å²) in [5, 5.41) is 15.0. The molecule has 1 aliphatic rings. The highest BCUT2D eigenvalue weighted by atomic mass is 16.3. The molecule has 0 saturated heterocycles. The fourth-order valence-corrected chi connectivity index (χ4v) is 3.04. The molecule has 1 saturated carbocycles. The molecule has 0 bridgehead atoms. The van der Waals surface area contributed by atoms with Crippen LogP contribution in [0.5, 0.6) is 0 Å². The number of hydrogen-bond acceptors (Lipinski definition) is 2. The van der Waals surface area contributed by atoms with E-state index in [1.54, 1.807) is 0 Å². The van der Waals surface area contributed by atoms with E-state index in [1.807, 2.05) is 4.68 Å². The fourth-order valence-electron chi connectivity index (χ4n) is 3.04. The van der Waals surface area contributed by atoms with Gasteiger partial charge in [-0.05, 0) is 31.7 Å². The number of aliphatic hydroxyl groups is 1. The topological polar surface area (TPSA) is 38.0 Å². The van der Waals surface area contributed by atoms with Crippen LogP contribution >= 0.6 is 0 Å². The first-order valence-electron chi connectivity index (χ1n) is 7.49. The summed E-state index contributed by atoms with van der Waals surface area (Å²) < 4.78 is 1.96. The second-order valence-corrected chi connectivity index (χ2v) is 5.49. The number of nitrogens with zero attached hydrogens (tertiary/aromatic N) is 2. The molecule has 1 aliphatic carbocycles. The molecule has 0 radical (unpaired) electrons. The Hall–Kier alpha value is -0.830. The summed E-state index contributed by atoms with van der Waals surface area (Å²) in [4.78, 5) is 0. The average molecular weight is 250 g/mol. The average Bonchev–Trinajstić information content (AvgIpc) is 2.83. The molecular weight excluding hydrogens is 224 g/mol. The van der Waals surface area contributed by atoms with Crippen LogP contribution in [0.1, 0.15) is 69.9 Å². The van der Waals surface area contributed by atoms with Crippen molar-refractivity contribution in [3.8, 4) is 0 Å². The van der Waals surface area contributed by atoms with Crippen molar-refractivity contribution in [2.24, 2.45) is 5.92 Å². The molecular formula is C15H26N2O. The minimum Gasteiger partial charge on any atom is -0.387 e. The second kappa shape index (κ2) is 6.37. The smallest absolute Gasteiger partial charge is 0.0959 e. The largest absolute Gasteiger partial charge is 0.387 e. The van der Waals surface area contributed by atoms with Gasteiger partial charge in [0.05, 0.1) is 17.5 Å². The third-order valence-corrected chi connectivity index (χ3v) is 4.15. The van der Waals surface area contributed by atoms with Gasteiger partial charge in [-0.2, -0.15) is 5.10 Å². The first-order valence-corrected chi connectivity index (χ1v) is 7.49. The van der Waals surface area contributed by atoms with E-state index in [1.165, 1.54) is 32.1 Å². The van der Waals surface area contributed by atoms with Gasteiger partial charge in [0, 0.05) is 6.54 Å². The zero-order valence-electron chi connectivity index (χ0n) is 11.7. The van der Waals surface area contributed by atoms with E-state index in [2.05, 4.69) is 25.0 Å². The van der Waals surface area contributed by atoms with Gasteiger partial charge >= 0.3 is 0 Å². The van der Waals surface area contributed by atoms with Crippen molar-refractivity contribution in [1.29, 1.82) is 0 Å². The SMILES string of the molecule is CCc1cc(C(O)CC2CCCCC2)n(CC)n1. The van der Waals surface area contributed by atoms with E-state index >= 15 is 0 Å². The number of rotatable bonds is 5. The van der Waals surface area contributed by atoms with Crippen LogP contribution in [0.25, 0.3) is 0 Å². The summed E-state index contributed by atoms with van der Waals surface area (Å²) in [5.41, 5.74) is 2.11. The summed E-state index contributed by atoms with van der Waals surface area (Å²) in [5.74, 6) is 0.707. The predicted molar refractivity (Wildman–Crippen MR) is 73.4 cm³/mol. The molecule has 2 rings (SSSR count). The Balaban J connectivity index is 2.02. The maximum atomic E-state index is 10.4. The van der Waals surface area contributed by atoms with Gasteiger partial charge in [-0.25, -0.2) is 0 Å². The molecule has 0 spiro atoms. The molecule has 0 aliphatic heterocycles. The van der Waals surface area contributed by atoms with Crippen molar-refractivity contribution < 1.29 is 5.11 Å². The summed E-state index contributed by atoms with van der Waals surface area (Å²) in [7, 11) is 0. The number of aryl methyl sites for hydroxylation is 2. The van der Waals surface area contributed by atoms with Crippen molar-refractivity contribution in [3.63, 3.8) is 0 Å². The van der Waals surface area contributed by atoms with Crippen LogP contribution in [0.2, 0.25) is 0 Å².